The van der Waals surface area contributed by atoms with Gasteiger partial charge in [0, 0.05) is 10.9 Å². The van der Waals surface area contributed by atoms with Crippen LogP contribution < -0.4 is 0 Å². The zero-order valence-corrected chi connectivity index (χ0v) is 34.7. The van der Waals surface area contributed by atoms with Crippen LogP contribution >= 0.6 is 0 Å². The highest BCUT2D eigenvalue weighted by Gasteiger charge is 2.23. The van der Waals surface area contributed by atoms with Crippen LogP contribution in [0.3, 0.4) is 0 Å². The normalized spacial score (nSPS) is 12.1. The Morgan fingerprint density at radius 2 is 0.766 bits per heavy atom. The fourth-order valence-electron chi connectivity index (χ4n) is 10.8. The minimum Gasteiger partial charge on any atom is -0.304 e. The highest BCUT2D eigenvalue weighted by molar-refractivity contribution is 6.23. The van der Waals surface area contributed by atoms with Gasteiger partial charge in [-0.3, -0.25) is 4.40 Å². The molecule has 0 spiro atoms. The van der Waals surface area contributed by atoms with Crippen LogP contribution in [0.25, 0.3) is 132 Å². The molecule has 0 aliphatic carbocycles. The highest BCUT2D eigenvalue weighted by Crippen LogP contribution is 2.47. The first-order valence-electron chi connectivity index (χ1n) is 22.0. The molecule has 0 amide bonds. The quantitative estimate of drug-likeness (QED) is 0.162. The van der Waals surface area contributed by atoms with E-state index in [2.05, 4.69) is 233 Å². The van der Waals surface area contributed by atoms with Gasteiger partial charge in [0.25, 0.3) is 0 Å². The van der Waals surface area contributed by atoms with E-state index < -0.39 is 0 Å². The maximum atomic E-state index is 5.36. The molecule has 3 aromatic heterocycles. The van der Waals surface area contributed by atoms with Crippen LogP contribution in [0.5, 0.6) is 0 Å². The minimum atomic E-state index is 0.954. The number of rotatable bonds is 4. The van der Waals surface area contributed by atoms with Crippen molar-refractivity contribution in [3.63, 3.8) is 0 Å². The molecule has 0 bridgehead atoms. The molecule has 0 saturated heterocycles. The van der Waals surface area contributed by atoms with Gasteiger partial charge in [-0.25, -0.2) is 4.98 Å². The van der Waals surface area contributed by atoms with Crippen LogP contribution in [0.1, 0.15) is 0 Å². The van der Waals surface area contributed by atoms with E-state index in [9.17, 15) is 0 Å². The van der Waals surface area contributed by atoms with Crippen molar-refractivity contribution >= 4 is 87.2 Å². The number of hydrogen-bond donors (Lipinski definition) is 0. The number of benzene rings is 11. The third-order valence-corrected chi connectivity index (χ3v) is 13.6. The molecule has 0 atom stereocenters. The second kappa shape index (κ2) is 13.5. The largest absolute Gasteiger partial charge is 0.304 e. The molecule has 3 heterocycles. The van der Waals surface area contributed by atoms with E-state index in [0.29, 0.717) is 0 Å². The Morgan fingerprint density at radius 1 is 0.266 bits per heavy atom. The Labute approximate surface area is 368 Å². The Balaban J connectivity index is 1.09. The second-order valence-corrected chi connectivity index (χ2v) is 17.1. The lowest BCUT2D eigenvalue weighted by Crippen LogP contribution is -1.97. The van der Waals surface area contributed by atoms with Crippen molar-refractivity contribution in [2.45, 2.75) is 0 Å². The maximum Gasteiger partial charge on any atom is 0.163 e. The predicted octanol–water partition coefficient (Wildman–Crippen LogP) is 16.3. The summed E-state index contributed by atoms with van der Waals surface area (Å²) in [5, 5.41) is 11.1. The first-order chi connectivity index (χ1) is 31.7. The molecule has 64 heavy (non-hydrogen) atoms. The topological polar surface area (TPSA) is 21.7 Å². The molecule has 0 radical (unpaired) electrons. The van der Waals surface area contributed by atoms with E-state index in [1.165, 1.54) is 93.0 Å². The van der Waals surface area contributed by atoms with Crippen molar-refractivity contribution in [2.75, 3.05) is 0 Å². The zero-order valence-electron chi connectivity index (χ0n) is 34.7. The maximum absolute atomic E-state index is 5.36. The lowest BCUT2D eigenvalue weighted by atomic mass is 9.84. The molecule has 3 nitrogen and oxygen atoms in total. The lowest BCUT2D eigenvalue weighted by molar-refractivity contribution is 1.23. The first-order valence-corrected chi connectivity index (χ1v) is 22.0. The first kappa shape index (κ1) is 35.1. The smallest absolute Gasteiger partial charge is 0.163 e. The summed E-state index contributed by atoms with van der Waals surface area (Å²) in [5.41, 5.74) is 17.2. The summed E-state index contributed by atoms with van der Waals surface area (Å²) in [6, 6.07) is 82.5. The molecule has 0 unspecified atom stereocenters. The molecule has 0 N–H and O–H groups in total. The van der Waals surface area contributed by atoms with Gasteiger partial charge in [0.05, 0.1) is 33.1 Å². The van der Waals surface area contributed by atoms with Gasteiger partial charge in [-0.15, -0.1) is 0 Å². The zero-order chi connectivity index (χ0) is 41.9. The van der Waals surface area contributed by atoms with E-state index in [1.54, 1.807) is 0 Å². The average Bonchev–Trinajstić information content (AvgIpc) is 3.92. The molecule has 14 aromatic rings. The fourth-order valence-corrected chi connectivity index (χ4v) is 10.8. The van der Waals surface area contributed by atoms with Crippen molar-refractivity contribution in [1.29, 1.82) is 0 Å². The Morgan fingerprint density at radius 3 is 1.45 bits per heavy atom. The molecule has 0 aliphatic rings. The molecule has 11 aromatic carbocycles. The number of aromatic nitrogens is 3. The van der Waals surface area contributed by atoms with Gasteiger partial charge in [-0.2, -0.15) is 0 Å². The predicted molar refractivity (Wildman–Crippen MR) is 270 cm³/mol. The van der Waals surface area contributed by atoms with E-state index in [0.717, 1.165) is 38.7 Å². The van der Waals surface area contributed by atoms with E-state index in [-0.39, 0.29) is 0 Å². The van der Waals surface area contributed by atoms with Crippen LogP contribution in [0.15, 0.2) is 224 Å². The van der Waals surface area contributed by atoms with Crippen LogP contribution in [-0.2, 0) is 0 Å². The standard InChI is InChI=1S/C61H37N3/c1-2-16-40(17-3-1)59-51-37-44(31-33-53(51)63-55-24-12-13-25-56(55)64-54-23-11-10-22-52(54)62-61(64)60(59)63)43-30-32-49-50(36-43)58(46-29-27-39-15-5-7-19-42(39)35-46)48-21-9-8-20-47(48)57(49)45-28-26-38-14-4-6-18-41(38)34-45/h1-37H. The Kier molecular flexibility index (Phi) is 7.40. The van der Waals surface area contributed by atoms with Crippen molar-refractivity contribution < 1.29 is 0 Å². The Bertz CT molecular complexity index is 4250. The van der Waals surface area contributed by atoms with Crippen LogP contribution in [0.4, 0.5) is 0 Å². The van der Waals surface area contributed by atoms with Gasteiger partial charge >= 0.3 is 0 Å². The van der Waals surface area contributed by atoms with Crippen molar-refractivity contribution in [1.82, 2.24) is 13.8 Å². The van der Waals surface area contributed by atoms with Crippen molar-refractivity contribution in [2.24, 2.45) is 0 Å². The number of imidazole rings is 1. The van der Waals surface area contributed by atoms with Crippen LogP contribution in [-0.4, -0.2) is 13.8 Å². The van der Waals surface area contributed by atoms with Gasteiger partial charge in [0.2, 0.25) is 0 Å². The molecule has 0 aliphatic heterocycles. The van der Waals surface area contributed by atoms with Gasteiger partial charge in [-0.05, 0) is 137 Å². The van der Waals surface area contributed by atoms with E-state index in [4.69, 9.17) is 4.98 Å². The number of hydrogen-bond acceptors (Lipinski definition) is 1. The third kappa shape index (κ3) is 5.07. The summed E-state index contributed by atoms with van der Waals surface area (Å²) in [5.74, 6) is 0. The summed E-state index contributed by atoms with van der Waals surface area (Å²) < 4.78 is 4.79. The lowest BCUT2D eigenvalue weighted by Gasteiger charge is -2.19. The summed E-state index contributed by atoms with van der Waals surface area (Å²) in [7, 11) is 0. The van der Waals surface area contributed by atoms with E-state index >= 15 is 0 Å². The molecular formula is C61H37N3. The van der Waals surface area contributed by atoms with Gasteiger partial charge < -0.3 is 4.40 Å². The van der Waals surface area contributed by atoms with Crippen molar-refractivity contribution in [3.8, 4) is 44.5 Å². The molecule has 14 rings (SSSR count). The second-order valence-electron chi connectivity index (χ2n) is 17.1. The van der Waals surface area contributed by atoms with Crippen LogP contribution in [0, 0.1) is 0 Å². The summed E-state index contributed by atoms with van der Waals surface area (Å²) >= 11 is 0. The summed E-state index contributed by atoms with van der Waals surface area (Å²) in [4.78, 5) is 5.36. The molecule has 0 fully saturated rings. The molecule has 0 saturated carbocycles. The monoisotopic (exact) mass is 811 g/mol. The number of nitrogens with zero attached hydrogens (tertiary/aromatic N) is 3. The number of fused-ring (bicyclic) bond motifs is 14. The fraction of sp³-hybridized carbons (Fsp3) is 0. The van der Waals surface area contributed by atoms with Crippen molar-refractivity contribution in [3.05, 3.63) is 224 Å². The average molecular weight is 812 g/mol. The summed E-state index contributed by atoms with van der Waals surface area (Å²) in [6.07, 6.45) is 0. The third-order valence-electron chi connectivity index (χ3n) is 13.6. The van der Waals surface area contributed by atoms with Crippen LogP contribution in [0.2, 0.25) is 0 Å². The van der Waals surface area contributed by atoms with Gasteiger partial charge in [0.15, 0.2) is 5.65 Å². The highest BCUT2D eigenvalue weighted by atomic mass is 15.1. The van der Waals surface area contributed by atoms with E-state index in [1.807, 2.05) is 0 Å². The summed E-state index contributed by atoms with van der Waals surface area (Å²) in [6.45, 7) is 0. The molecular weight excluding hydrogens is 775 g/mol. The SMILES string of the molecule is c1ccc(-c2c3cc(-c4ccc5c(-c6ccc7ccccc7c6)c6ccccc6c(-c6ccc7ccccc7c6)c5c4)ccc3n3c4ccccc4n4c5ccccc5nc4c23)cc1. The van der Waals surface area contributed by atoms with Gasteiger partial charge in [0.1, 0.15) is 0 Å². The molecule has 3 heteroatoms. The minimum absolute atomic E-state index is 0.954. The van der Waals surface area contributed by atoms with Gasteiger partial charge in [-0.1, -0.05) is 170 Å². The molecule has 296 valence electrons. The number of para-hydroxylation sites is 4. The Hall–Kier alpha value is -8.53.